The summed E-state index contributed by atoms with van der Waals surface area (Å²) in [5, 5.41) is 0. The Bertz CT molecular complexity index is 662. The van der Waals surface area contributed by atoms with Crippen molar-refractivity contribution >= 4 is 15.8 Å². The average molecular weight is 312 g/mol. The molecule has 2 unspecified atom stereocenters. The Hall–Kier alpha value is -1.40. The van der Waals surface area contributed by atoms with Gasteiger partial charge >= 0.3 is 5.97 Å². The smallest absolute Gasteiger partial charge is 0.341 e. The normalized spacial score (nSPS) is 28.5. The molecule has 6 heteroatoms. The molecule has 21 heavy (non-hydrogen) atoms. The van der Waals surface area contributed by atoms with Gasteiger partial charge in [-0.25, -0.2) is 13.2 Å². The number of carbonyl (C=O) groups is 1. The molecule has 1 aliphatic heterocycles. The summed E-state index contributed by atoms with van der Waals surface area (Å²) in [5.74, 6) is -0.475. The fourth-order valence-corrected chi connectivity index (χ4v) is 3.51. The first-order valence-electron chi connectivity index (χ1n) is 6.69. The summed E-state index contributed by atoms with van der Waals surface area (Å²) in [6.07, 6.45) is 1.16. The van der Waals surface area contributed by atoms with Crippen LogP contribution in [0.3, 0.4) is 0 Å². The van der Waals surface area contributed by atoms with Gasteiger partial charge in [0.1, 0.15) is 5.60 Å². The van der Waals surface area contributed by atoms with Crippen molar-refractivity contribution in [3.63, 3.8) is 0 Å². The van der Waals surface area contributed by atoms with E-state index in [1.54, 1.807) is 12.1 Å². The van der Waals surface area contributed by atoms with Gasteiger partial charge in [0.25, 0.3) is 0 Å². The van der Waals surface area contributed by atoms with E-state index in [-0.39, 0.29) is 10.8 Å². The van der Waals surface area contributed by atoms with Crippen LogP contribution in [0.2, 0.25) is 0 Å². The maximum absolute atomic E-state index is 12.1. The largest absolute Gasteiger partial charge is 0.467 e. The van der Waals surface area contributed by atoms with E-state index in [4.69, 9.17) is 9.47 Å². The lowest BCUT2D eigenvalue weighted by Crippen LogP contribution is -2.37. The van der Waals surface area contributed by atoms with Gasteiger partial charge in [-0.05, 0) is 30.5 Å². The fraction of sp³-hybridized carbons (Fsp3) is 0.533. The zero-order valence-corrected chi connectivity index (χ0v) is 13.7. The van der Waals surface area contributed by atoms with Gasteiger partial charge in [0.05, 0.1) is 12.0 Å². The first-order chi connectivity index (χ1) is 9.59. The SMILES string of the molecule is COC(=O)C1(C(C)C)OC1(C)c1ccc(S(C)(=O)=O)cc1. The van der Waals surface area contributed by atoms with E-state index in [0.29, 0.717) is 0 Å². The molecule has 0 bridgehead atoms. The minimum absolute atomic E-state index is 0.0652. The Morgan fingerprint density at radius 1 is 1.24 bits per heavy atom. The highest BCUT2D eigenvalue weighted by molar-refractivity contribution is 7.90. The summed E-state index contributed by atoms with van der Waals surface area (Å²) >= 11 is 0. The molecular formula is C15H20O5S. The molecule has 0 radical (unpaired) electrons. The number of sulfone groups is 1. The second-order valence-corrected chi connectivity index (χ2v) is 7.83. The van der Waals surface area contributed by atoms with Crippen molar-refractivity contribution < 1.29 is 22.7 Å². The first kappa shape index (κ1) is 16.0. The van der Waals surface area contributed by atoms with Crippen LogP contribution in [0.25, 0.3) is 0 Å². The average Bonchev–Trinajstić information content (AvgIpc) is 3.06. The number of hydrogen-bond acceptors (Lipinski definition) is 5. The van der Waals surface area contributed by atoms with Crippen LogP contribution in [-0.4, -0.2) is 33.4 Å². The molecule has 0 aliphatic carbocycles. The van der Waals surface area contributed by atoms with Gasteiger partial charge in [0.2, 0.25) is 5.60 Å². The summed E-state index contributed by atoms with van der Waals surface area (Å²) in [7, 11) is -1.91. The number of benzene rings is 1. The van der Waals surface area contributed by atoms with Crippen LogP contribution >= 0.6 is 0 Å². The molecule has 1 aromatic carbocycles. The quantitative estimate of drug-likeness (QED) is 0.627. The number of hydrogen-bond donors (Lipinski definition) is 0. The van der Waals surface area contributed by atoms with Gasteiger partial charge in [-0.15, -0.1) is 0 Å². The highest BCUT2D eigenvalue weighted by atomic mass is 32.2. The second kappa shape index (κ2) is 4.81. The number of ether oxygens (including phenoxy) is 2. The van der Waals surface area contributed by atoms with Crippen molar-refractivity contribution in [1.82, 2.24) is 0 Å². The van der Waals surface area contributed by atoms with Crippen LogP contribution in [-0.2, 0) is 29.7 Å². The monoisotopic (exact) mass is 312 g/mol. The zero-order valence-electron chi connectivity index (χ0n) is 12.8. The third-order valence-electron chi connectivity index (χ3n) is 4.17. The number of esters is 1. The van der Waals surface area contributed by atoms with Crippen molar-refractivity contribution in [2.75, 3.05) is 13.4 Å². The van der Waals surface area contributed by atoms with Gasteiger partial charge < -0.3 is 9.47 Å². The standard InChI is InChI=1S/C15H20O5S/c1-10(2)15(13(16)19-4)14(3,20-15)11-6-8-12(9-7-11)21(5,17)18/h6-10H,1-5H3. The highest BCUT2D eigenvalue weighted by Gasteiger charge is 2.75. The molecule has 2 atom stereocenters. The van der Waals surface area contributed by atoms with Gasteiger partial charge in [0, 0.05) is 6.26 Å². The minimum atomic E-state index is -3.24. The van der Waals surface area contributed by atoms with Gasteiger partial charge in [-0.2, -0.15) is 0 Å². The Labute approximate surface area is 125 Å². The Balaban J connectivity index is 2.41. The third-order valence-corrected chi connectivity index (χ3v) is 5.30. The number of epoxide rings is 1. The predicted molar refractivity (Wildman–Crippen MR) is 77.6 cm³/mol. The molecule has 0 spiro atoms. The summed E-state index contributed by atoms with van der Waals surface area (Å²) in [6, 6.07) is 6.42. The maximum atomic E-state index is 12.1. The molecule has 1 aromatic rings. The Kier molecular flexibility index (Phi) is 3.66. The number of methoxy groups -OCH3 is 1. The van der Waals surface area contributed by atoms with Crippen molar-refractivity contribution in [2.24, 2.45) is 5.92 Å². The molecule has 1 aliphatic rings. The predicted octanol–water partition coefficient (Wildman–Crippen LogP) is 1.90. The molecular weight excluding hydrogens is 292 g/mol. The van der Waals surface area contributed by atoms with Crippen molar-refractivity contribution in [3.8, 4) is 0 Å². The molecule has 1 heterocycles. The van der Waals surface area contributed by atoms with Crippen LogP contribution in [0, 0.1) is 5.92 Å². The van der Waals surface area contributed by atoms with Gasteiger partial charge in [-0.3, -0.25) is 0 Å². The van der Waals surface area contributed by atoms with E-state index in [0.717, 1.165) is 11.8 Å². The summed E-state index contributed by atoms with van der Waals surface area (Å²) in [6.45, 7) is 5.61. The van der Waals surface area contributed by atoms with Gasteiger partial charge in [0.15, 0.2) is 9.84 Å². The van der Waals surface area contributed by atoms with Crippen molar-refractivity contribution in [3.05, 3.63) is 29.8 Å². The topological polar surface area (TPSA) is 73.0 Å². The highest BCUT2D eigenvalue weighted by Crippen LogP contribution is 2.60. The molecule has 0 saturated carbocycles. The molecule has 0 N–H and O–H groups in total. The van der Waals surface area contributed by atoms with Crippen LogP contribution in [0.1, 0.15) is 26.3 Å². The molecule has 116 valence electrons. The van der Waals surface area contributed by atoms with E-state index in [1.165, 1.54) is 19.2 Å². The Morgan fingerprint density at radius 2 is 1.76 bits per heavy atom. The van der Waals surface area contributed by atoms with E-state index in [2.05, 4.69) is 0 Å². The molecule has 5 nitrogen and oxygen atoms in total. The fourth-order valence-electron chi connectivity index (χ4n) is 2.88. The molecule has 0 aromatic heterocycles. The van der Waals surface area contributed by atoms with Crippen LogP contribution < -0.4 is 0 Å². The molecule has 1 fully saturated rings. The summed E-state index contributed by atoms with van der Waals surface area (Å²) < 4.78 is 33.7. The summed E-state index contributed by atoms with van der Waals surface area (Å²) in [5.41, 5.74) is -1.06. The van der Waals surface area contributed by atoms with E-state index >= 15 is 0 Å². The van der Waals surface area contributed by atoms with E-state index in [1.807, 2.05) is 20.8 Å². The lowest BCUT2D eigenvalue weighted by atomic mass is 9.80. The molecule has 0 amide bonds. The van der Waals surface area contributed by atoms with Crippen LogP contribution in [0.15, 0.2) is 29.2 Å². The van der Waals surface area contributed by atoms with E-state index in [9.17, 15) is 13.2 Å². The summed E-state index contributed by atoms with van der Waals surface area (Å²) in [4.78, 5) is 12.3. The first-order valence-corrected chi connectivity index (χ1v) is 8.58. The number of rotatable bonds is 4. The lowest BCUT2D eigenvalue weighted by Gasteiger charge is -2.19. The van der Waals surface area contributed by atoms with Gasteiger partial charge in [-0.1, -0.05) is 26.0 Å². The number of carbonyl (C=O) groups excluding carboxylic acids is 1. The van der Waals surface area contributed by atoms with Crippen molar-refractivity contribution in [1.29, 1.82) is 0 Å². The Morgan fingerprint density at radius 3 is 2.14 bits per heavy atom. The molecule has 1 saturated heterocycles. The second-order valence-electron chi connectivity index (χ2n) is 5.81. The van der Waals surface area contributed by atoms with Crippen LogP contribution in [0.5, 0.6) is 0 Å². The van der Waals surface area contributed by atoms with Crippen LogP contribution in [0.4, 0.5) is 0 Å². The van der Waals surface area contributed by atoms with Crippen molar-refractivity contribution in [2.45, 2.75) is 36.9 Å². The minimum Gasteiger partial charge on any atom is -0.467 e. The third kappa shape index (κ3) is 2.26. The maximum Gasteiger partial charge on any atom is 0.341 e. The zero-order chi connectivity index (χ0) is 16.1. The molecule has 2 rings (SSSR count). The van der Waals surface area contributed by atoms with E-state index < -0.39 is 27.0 Å². The lowest BCUT2D eigenvalue weighted by molar-refractivity contribution is -0.148.